The lowest BCUT2D eigenvalue weighted by molar-refractivity contribution is -0.162. The van der Waals surface area contributed by atoms with Crippen molar-refractivity contribution in [2.24, 2.45) is 24.3 Å². The Balaban J connectivity index is 1.55. The number of aliphatic carboxylic acids is 1. The number of carboxylic acid groups (broad SMARTS) is 1. The number of hydrogen-bond acceptors (Lipinski definition) is 6. The number of carbonyl (C=O) groups is 3. The molecule has 1 N–H and O–H groups in total. The molecule has 1 saturated heterocycles. The van der Waals surface area contributed by atoms with Crippen LogP contribution in [0.3, 0.4) is 0 Å². The van der Waals surface area contributed by atoms with Crippen LogP contribution in [0.2, 0.25) is 5.02 Å². The summed E-state index contributed by atoms with van der Waals surface area (Å²) in [7, 11) is 1.15. The summed E-state index contributed by atoms with van der Waals surface area (Å²) in [6.07, 6.45) is -1.80. The van der Waals surface area contributed by atoms with Gasteiger partial charge < -0.3 is 19.6 Å². The Kier molecular flexibility index (Phi) is 8.40. The summed E-state index contributed by atoms with van der Waals surface area (Å²) < 4.78 is 47.7. The summed E-state index contributed by atoms with van der Waals surface area (Å²) in [6.45, 7) is 3.87. The fourth-order valence-electron chi connectivity index (χ4n) is 6.89. The average Bonchev–Trinajstić information content (AvgIpc) is 3.48. The second-order valence-corrected chi connectivity index (χ2v) is 12.6. The molecule has 5 rings (SSSR count). The van der Waals surface area contributed by atoms with Crippen molar-refractivity contribution in [1.82, 2.24) is 24.8 Å². The molecule has 2 aromatic rings. The van der Waals surface area contributed by atoms with Gasteiger partial charge in [0.1, 0.15) is 18.1 Å². The molecule has 43 heavy (non-hydrogen) atoms. The van der Waals surface area contributed by atoms with Crippen LogP contribution in [0.1, 0.15) is 74.5 Å². The molecule has 3 heterocycles. The second-order valence-electron chi connectivity index (χ2n) is 12.2. The van der Waals surface area contributed by atoms with Gasteiger partial charge in [-0.05, 0) is 49.8 Å². The predicted molar refractivity (Wildman–Crippen MR) is 148 cm³/mol. The van der Waals surface area contributed by atoms with Gasteiger partial charge in [0.05, 0.1) is 17.4 Å². The van der Waals surface area contributed by atoms with Crippen molar-refractivity contribution in [3.63, 3.8) is 0 Å². The SMILES string of the molecule is CC1CC(=O)N(C[C@@H]2c3c(OCc4nnn(C)c4C(F)(F)F)ccc(Cl)c3CCN2C(=O)[C@H]2CCCC[C@]2(C)C(=O)O)C1. The van der Waals surface area contributed by atoms with Gasteiger partial charge in [0, 0.05) is 43.7 Å². The molecular weight excluding hydrogens is 591 g/mol. The molecular formula is C29H35ClF3N5O5. The van der Waals surface area contributed by atoms with Crippen molar-refractivity contribution < 1.29 is 37.4 Å². The van der Waals surface area contributed by atoms with Crippen LogP contribution in [-0.2, 0) is 40.6 Å². The molecule has 1 aliphatic carbocycles. The third-order valence-corrected chi connectivity index (χ3v) is 9.53. The number of alkyl halides is 3. The Hall–Kier alpha value is -3.35. The minimum Gasteiger partial charge on any atom is -0.487 e. The first kappa shape index (κ1) is 31.1. The lowest BCUT2D eigenvalue weighted by atomic mass is 9.66. The maximum Gasteiger partial charge on any atom is 0.435 e. The zero-order valence-electron chi connectivity index (χ0n) is 24.3. The van der Waals surface area contributed by atoms with Crippen molar-refractivity contribution in [2.45, 2.75) is 71.2 Å². The van der Waals surface area contributed by atoms with Gasteiger partial charge in [-0.25, -0.2) is 4.68 Å². The Labute approximate surface area is 252 Å². The van der Waals surface area contributed by atoms with E-state index >= 15 is 0 Å². The summed E-state index contributed by atoms with van der Waals surface area (Å²) in [5, 5.41) is 17.7. The van der Waals surface area contributed by atoms with E-state index in [0.29, 0.717) is 59.5 Å². The quantitative estimate of drug-likeness (QED) is 0.476. The molecule has 1 saturated carbocycles. The molecule has 1 aromatic heterocycles. The number of aryl methyl sites for hydroxylation is 1. The second kappa shape index (κ2) is 11.6. The zero-order chi connectivity index (χ0) is 31.3. The summed E-state index contributed by atoms with van der Waals surface area (Å²) >= 11 is 6.62. The first-order valence-corrected chi connectivity index (χ1v) is 14.8. The van der Waals surface area contributed by atoms with Gasteiger partial charge in [0.15, 0.2) is 5.69 Å². The van der Waals surface area contributed by atoms with Gasteiger partial charge in [-0.3, -0.25) is 14.4 Å². The van der Waals surface area contributed by atoms with Crippen molar-refractivity contribution in [2.75, 3.05) is 19.6 Å². The maximum atomic E-state index is 14.3. The number of fused-ring (bicyclic) bond motifs is 1. The number of carbonyl (C=O) groups excluding carboxylic acids is 2. The van der Waals surface area contributed by atoms with Crippen LogP contribution in [0, 0.1) is 17.3 Å². The molecule has 234 valence electrons. The topological polar surface area (TPSA) is 118 Å². The predicted octanol–water partition coefficient (Wildman–Crippen LogP) is 4.64. The van der Waals surface area contributed by atoms with Crippen molar-refractivity contribution in [1.29, 1.82) is 0 Å². The minimum absolute atomic E-state index is 0.0704. The van der Waals surface area contributed by atoms with E-state index in [-0.39, 0.29) is 36.6 Å². The fourth-order valence-corrected chi connectivity index (χ4v) is 7.15. The van der Waals surface area contributed by atoms with E-state index in [2.05, 4.69) is 10.3 Å². The molecule has 2 fully saturated rings. The average molecular weight is 626 g/mol. The van der Waals surface area contributed by atoms with E-state index < -0.39 is 47.5 Å². The highest BCUT2D eigenvalue weighted by molar-refractivity contribution is 6.31. The van der Waals surface area contributed by atoms with E-state index in [4.69, 9.17) is 16.3 Å². The van der Waals surface area contributed by atoms with Gasteiger partial charge in [0.2, 0.25) is 11.8 Å². The number of ether oxygens (including phenoxy) is 1. The maximum absolute atomic E-state index is 14.3. The molecule has 2 aliphatic heterocycles. The third kappa shape index (κ3) is 5.80. The number of carboxylic acids is 1. The highest BCUT2D eigenvalue weighted by atomic mass is 35.5. The first-order valence-electron chi connectivity index (χ1n) is 14.4. The summed E-state index contributed by atoms with van der Waals surface area (Å²) in [4.78, 5) is 42.9. The summed E-state index contributed by atoms with van der Waals surface area (Å²) in [5.74, 6) is -1.86. The van der Waals surface area contributed by atoms with Crippen molar-refractivity contribution >= 4 is 29.4 Å². The highest BCUT2D eigenvalue weighted by Gasteiger charge is 2.50. The van der Waals surface area contributed by atoms with Gasteiger partial charge in [-0.1, -0.05) is 36.6 Å². The van der Waals surface area contributed by atoms with Gasteiger partial charge in [-0.15, -0.1) is 5.10 Å². The summed E-state index contributed by atoms with van der Waals surface area (Å²) in [6, 6.07) is 2.39. The number of hydrogen-bond donors (Lipinski definition) is 1. The summed E-state index contributed by atoms with van der Waals surface area (Å²) in [5.41, 5.74) is -1.50. The van der Waals surface area contributed by atoms with Crippen LogP contribution in [-0.4, -0.2) is 67.3 Å². The van der Waals surface area contributed by atoms with E-state index in [1.54, 1.807) is 28.9 Å². The standard InChI is InChI=1S/C29H35ClF3N5O5/c1-16-12-23(39)37(13-16)14-21-24-17(9-11-38(21)26(40)18-6-4-5-10-28(18,2)27(41)42)19(30)7-8-22(24)43-15-20-25(29(31,32)33)36(3)35-34-20/h7-8,16,18,21H,4-6,9-15H2,1-3H3,(H,41,42)/t16?,18-,21-,28+/m1/s1. The minimum atomic E-state index is -4.70. The fraction of sp³-hybridized carbons (Fsp3) is 0.621. The van der Waals surface area contributed by atoms with E-state index in [9.17, 15) is 32.7 Å². The van der Waals surface area contributed by atoms with Crippen LogP contribution >= 0.6 is 11.6 Å². The van der Waals surface area contributed by atoms with Crippen LogP contribution in [0.25, 0.3) is 0 Å². The van der Waals surface area contributed by atoms with E-state index in [1.165, 1.54) is 0 Å². The third-order valence-electron chi connectivity index (χ3n) is 9.18. The van der Waals surface area contributed by atoms with Gasteiger partial charge in [-0.2, -0.15) is 13.2 Å². The number of amides is 2. The van der Waals surface area contributed by atoms with Crippen molar-refractivity contribution in [3.05, 3.63) is 39.7 Å². The molecule has 2 amide bonds. The van der Waals surface area contributed by atoms with E-state index in [0.717, 1.165) is 13.5 Å². The van der Waals surface area contributed by atoms with Gasteiger partial charge >= 0.3 is 12.1 Å². The van der Waals surface area contributed by atoms with Crippen LogP contribution in [0.15, 0.2) is 12.1 Å². The molecule has 0 bridgehead atoms. The molecule has 0 radical (unpaired) electrons. The number of halogens is 4. The number of benzene rings is 1. The van der Waals surface area contributed by atoms with Gasteiger partial charge in [0.25, 0.3) is 0 Å². The lowest BCUT2D eigenvalue weighted by Crippen LogP contribution is -2.52. The Bertz CT molecular complexity index is 1430. The number of nitrogens with zero attached hydrogens (tertiary/aromatic N) is 5. The number of aromatic nitrogens is 3. The number of rotatable bonds is 7. The molecule has 1 unspecified atom stereocenters. The van der Waals surface area contributed by atoms with E-state index in [1.807, 2.05) is 6.92 Å². The highest BCUT2D eigenvalue weighted by Crippen LogP contribution is 2.47. The largest absolute Gasteiger partial charge is 0.487 e. The lowest BCUT2D eigenvalue weighted by Gasteiger charge is -2.45. The Morgan fingerprint density at radius 1 is 1.26 bits per heavy atom. The molecule has 3 aliphatic rings. The molecule has 0 spiro atoms. The van der Waals surface area contributed by atoms with Crippen LogP contribution in [0.4, 0.5) is 13.2 Å². The first-order chi connectivity index (χ1) is 20.2. The Morgan fingerprint density at radius 2 is 2.00 bits per heavy atom. The monoisotopic (exact) mass is 625 g/mol. The van der Waals surface area contributed by atoms with Crippen LogP contribution in [0.5, 0.6) is 5.75 Å². The Morgan fingerprint density at radius 3 is 2.65 bits per heavy atom. The zero-order valence-corrected chi connectivity index (χ0v) is 25.0. The van der Waals surface area contributed by atoms with Crippen LogP contribution < -0.4 is 4.74 Å². The molecule has 1 aromatic carbocycles. The molecule has 4 atom stereocenters. The smallest absolute Gasteiger partial charge is 0.435 e. The normalized spacial score (nSPS) is 26.0. The molecule has 10 nitrogen and oxygen atoms in total. The molecule has 14 heteroatoms. The number of likely N-dealkylation sites (tertiary alicyclic amines) is 1. The van der Waals surface area contributed by atoms with Crippen molar-refractivity contribution in [3.8, 4) is 5.75 Å².